The summed E-state index contributed by atoms with van der Waals surface area (Å²) in [6.45, 7) is 1.71. The van der Waals surface area contributed by atoms with Crippen LogP contribution in [-0.4, -0.2) is 17.5 Å². The largest absolute Gasteiger partial charge is 0.325 e. The minimum Gasteiger partial charge on any atom is -0.325 e. The predicted octanol–water partition coefficient (Wildman–Crippen LogP) is 4.35. The van der Waals surface area contributed by atoms with Crippen LogP contribution in [-0.2, 0) is 17.6 Å². The molecule has 0 spiro atoms. The van der Waals surface area contributed by atoms with Crippen molar-refractivity contribution in [1.82, 2.24) is 5.43 Å². The summed E-state index contributed by atoms with van der Waals surface area (Å²) in [4.78, 5) is 24.4. The van der Waals surface area contributed by atoms with Crippen molar-refractivity contribution in [2.75, 3.05) is 5.32 Å². The van der Waals surface area contributed by atoms with Crippen LogP contribution in [0.5, 0.6) is 0 Å². The first-order valence-corrected chi connectivity index (χ1v) is 9.40. The van der Waals surface area contributed by atoms with E-state index < -0.39 is 0 Å². The topological polar surface area (TPSA) is 70.6 Å². The van der Waals surface area contributed by atoms with Gasteiger partial charge < -0.3 is 5.32 Å². The highest BCUT2D eigenvalue weighted by molar-refractivity contribution is 6.30. The molecule has 0 aliphatic heterocycles. The number of nitrogens with one attached hydrogen (secondary N) is 2. The molecule has 0 atom stereocenters. The minimum atomic E-state index is -0.344. The van der Waals surface area contributed by atoms with E-state index in [-0.39, 0.29) is 18.2 Å². The molecular formula is C21H22ClN3O2. The number of carbonyl (C=O) groups excluding carboxylic acids is 2. The number of carbonyl (C=O) groups is 2. The van der Waals surface area contributed by atoms with Crippen molar-refractivity contribution in [2.45, 2.75) is 39.0 Å². The van der Waals surface area contributed by atoms with Crippen LogP contribution in [0, 0.1) is 0 Å². The van der Waals surface area contributed by atoms with Crippen molar-refractivity contribution in [1.29, 1.82) is 0 Å². The fourth-order valence-corrected chi connectivity index (χ4v) is 3.30. The lowest BCUT2D eigenvalue weighted by atomic mass is 9.90. The fourth-order valence-electron chi connectivity index (χ4n) is 3.18. The molecule has 3 rings (SSSR count). The molecule has 2 aromatic rings. The Bertz CT molecular complexity index is 875. The summed E-state index contributed by atoms with van der Waals surface area (Å²) in [6.07, 6.45) is 4.53. The Labute approximate surface area is 163 Å². The zero-order valence-electron chi connectivity index (χ0n) is 15.2. The molecule has 2 N–H and O–H groups in total. The highest BCUT2D eigenvalue weighted by Crippen LogP contribution is 2.27. The molecule has 0 aromatic heterocycles. The van der Waals surface area contributed by atoms with Crippen molar-refractivity contribution < 1.29 is 9.59 Å². The molecule has 5 nitrogen and oxygen atoms in total. The molecule has 0 radical (unpaired) electrons. The lowest BCUT2D eigenvalue weighted by molar-refractivity contribution is -0.115. The Hall–Kier alpha value is -2.66. The van der Waals surface area contributed by atoms with Gasteiger partial charge in [0.1, 0.15) is 0 Å². The number of aryl methyl sites for hydroxylation is 1. The highest BCUT2D eigenvalue weighted by Gasteiger charge is 2.15. The zero-order chi connectivity index (χ0) is 19.2. The van der Waals surface area contributed by atoms with Gasteiger partial charge in [-0.05, 0) is 74.1 Å². The number of halogens is 1. The molecule has 2 aromatic carbocycles. The van der Waals surface area contributed by atoms with Crippen molar-refractivity contribution in [3.8, 4) is 0 Å². The maximum atomic E-state index is 12.3. The van der Waals surface area contributed by atoms with Crippen LogP contribution < -0.4 is 10.7 Å². The minimum absolute atomic E-state index is 0.116. The van der Waals surface area contributed by atoms with Crippen LogP contribution in [0.1, 0.15) is 47.7 Å². The molecule has 0 unspecified atom stereocenters. The summed E-state index contributed by atoms with van der Waals surface area (Å²) in [6, 6.07) is 12.6. The number of nitrogens with zero attached hydrogens (tertiary/aromatic N) is 1. The average Bonchev–Trinajstić information content (AvgIpc) is 2.67. The summed E-state index contributed by atoms with van der Waals surface area (Å²) < 4.78 is 0. The second-order valence-electron chi connectivity index (χ2n) is 6.67. The van der Waals surface area contributed by atoms with E-state index in [1.165, 1.54) is 17.5 Å². The van der Waals surface area contributed by atoms with Crippen molar-refractivity contribution in [3.63, 3.8) is 0 Å². The van der Waals surface area contributed by atoms with E-state index in [2.05, 4.69) is 21.9 Å². The first-order valence-electron chi connectivity index (χ1n) is 9.02. The summed E-state index contributed by atoms with van der Waals surface area (Å²) >= 11 is 5.81. The van der Waals surface area contributed by atoms with Gasteiger partial charge in [-0.25, -0.2) is 5.43 Å². The maximum Gasteiger partial charge on any atom is 0.271 e. The molecule has 0 fully saturated rings. The smallest absolute Gasteiger partial charge is 0.271 e. The van der Waals surface area contributed by atoms with Crippen LogP contribution in [0.4, 0.5) is 5.69 Å². The van der Waals surface area contributed by atoms with Crippen molar-refractivity contribution in [3.05, 3.63) is 64.2 Å². The van der Waals surface area contributed by atoms with Gasteiger partial charge in [-0.15, -0.1) is 0 Å². The second-order valence-corrected chi connectivity index (χ2v) is 7.11. The van der Waals surface area contributed by atoms with E-state index in [9.17, 15) is 9.59 Å². The number of amides is 2. The molecule has 0 saturated heterocycles. The van der Waals surface area contributed by atoms with E-state index in [1.54, 1.807) is 31.2 Å². The third-order valence-electron chi connectivity index (χ3n) is 4.54. The Kier molecular flexibility index (Phi) is 6.24. The monoisotopic (exact) mass is 383 g/mol. The molecule has 140 valence electrons. The number of hydrogen-bond acceptors (Lipinski definition) is 3. The standard InChI is InChI=1S/C21H22ClN3O2/c1-14(24-25-21(27)16-9-11-17(22)12-10-16)13-20(26)23-19-8-4-6-15-5-2-3-7-18(15)19/h4,6,8-12H,2-3,5,7,13H2,1H3,(H,23,26)(H,25,27)/b24-14+. The third kappa shape index (κ3) is 5.17. The first-order chi connectivity index (χ1) is 13.0. The molecule has 2 amide bonds. The van der Waals surface area contributed by atoms with Gasteiger partial charge in [0, 0.05) is 22.0 Å². The van der Waals surface area contributed by atoms with E-state index in [4.69, 9.17) is 11.6 Å². The number of anilines is 1. The Balaban J connectivity index is 1.57. The summed E-state index contributed by atoms with van der Waals surface area (Å²) in [5.41, 5.74) is 6.89. The van der Waals surface area contributed by atoms with E-state index in [0.29, 0.717) is 16.3 Å². The Morgan fingerprint density at radius 2 is 1.81 bits per heavy atom. The lowest BCUT2D eigenvalue weighted by Gasteiger charge is -2.19. The van der Waals surface area contributed by atoms with Crippen LogP contribution in [0.2, 0.25) is 5.02 Å². The SMILES string of the molecule is C/C(CC(=O)Nc1cccc2c1CCCC2)=N\NC(=O)c1ccc(Cl)cc1. The van der Waals surface area contributed by atoms with Gasteiger partial charge >= 0.3 is 0 Å². The summed E-state index contributed by atoms with van der Waals surface area (Å²) in [5.74, 6) is -0.487. The number of fused-ring (bicyclic) bond motifs is 1. The molecule has 0 saturated carbocycles. The number of hydrogen-bond donors (Lipinski definition) is 2. The molecule has 0 bridgehead atoms. The van der Waals surface area contributed by atoms with Gasteiger partial charge in [0.25, 0.3) is 5.91 Å². The van der Waals surface area contributed by atoms with E-state index >= 15 is 0 Å². The Morgan fingerprint density at radius 1 is 1.07 bits per heavy atom. The molecular weight excluding hydrogens is 362 g/mol. The van der Waals surface area contributed by atoms with Crippen LogP contribution >= 0.6 is 11.6 Å². The van der Waals surface area contributed by atoms with E-state index in [1.807, 2.05) is 12.1 Å². The van der Waals surface area contributed by atoms with Crippen molar-refractivity contribution >= 4 is 34.8 Å². The van der Waals surface area contributed by atoms with Gasteiger partial charge in [0.05, 0.1) is 6.42 Å². The van der Waals surface area contributed by atoms with E-state index in [0.717, 1.165) is 24.9 Å². The van der Waals surface area contributed by atoms with Gasteiger partial charge in [-0.3, -0.25) is 9.59 Å². The fraction of sp³-hybridized carbons (Fsp3) is 0.286. The van der Waals surface area contributed by atoms with Gasteiger partial charge in [0.15, 0.2) is 0 Å². The van der Waals surface area contributed by atoms with Crippen molar-refractivity contribution in [2.24, 2.45) is 5.10 Å². The first kappa shape index (κ1) is 19.1. The third-order valence-corrected chi connectivity index (χ3v) is 4.79. The molecule has 1 aliphatic carbocycles. The quantitative estimate of drug-likeness (QED) is 0.595. The molecule has 27 heavy (non-hydrogen) atoms. The lowest BCUT2D eigenvalue weighted by Crippen LogP contribution is -2.22. The number of hydrazone groups is 1. The highest BCUT2D eigenvalue weighted by atomic mass is 35.5. The van der Waals surface area contributed by atoms with Crippen LogP contribution in [0.25, 0.3) is 0 Å². The number of rotatable bonds is 5. The molecule has 0 heterocycles. The Morgan fingerprint density at radius 3 is 2.59 bits per heavy atom. The van der Waals surface area contributed by atoms with Gasteiger partial charge in [-0.1, -0.05) is 23.7 Å². The molecule has 1 aliphatic rings. The van der Waals surface area contributed by atoms with Gasteiger partial charge in [0.2, 0.25) is 5.91 Å². The summed E-state index contributed by atoms with van der Waals surface area (Å²) in [5, 5.41) is 7.56. The maximum absolute atomic E-state index is 12.3. The number of benzene rings is 2. The van der Waals surface area contributed by atoms with Crippen LogP contribution in [0.3, 0.4) is 0 Å². The van der Waals surface area contributed by atoms with Crippen LogP contribution in [0.15, 0.2) is 47.6 Å². The summed E-state index contributed by atoms with van der Waals surface area (Å²) in [7, 11) is 0. The molecule has 6 heteroatoms. The van der Waals surface area contributed by atoms with Gasteiger partial charge in [-0.2, -0.15) is 5.10 Å². The average molecular weight is 384 g/mol. The second kappa shape index (κ2) is 8.82. The predicted molar refractivity (Wildman–Crippen MR) is 108 cm³/mol. The normalized spacial score (nSPS) is 13.6. The zero-order valence-corrected chi connectivity index (χ0v) is 16.0.